The summed E-state index contributed by atoms with van der Waals surface area (Å²) < 4.78 is 2.13. The molecule has 5 heteroatoms. The number of nitrogens with zero attached hydrogens (tertiary/aromatic N) is 2. The maximum atomic E-state index is 4.80. The number of aryl methyl sites for hydroxylation is 2. The van der Waals surface area contributed by atoms with Crippen molar-refractivity contribution in [3.8, 4) is 11.3 Å². The zero-order valence-corrected chi connectivity index (χ0v) is 14.0. The van der Waals surface area contributed by atoms with Crippen molar-refractivity contribution in [1.29, 1.82) is 0 Å². The fourth-order valence-electron chi connectivity index (χ4n) is 2.64. The van der Waals surface area contributed by atoms with E-state index in [4.69, 9.17) is 4.98 Å². The van der Waals surface area contributed by atoms with E-state index in [1.807, 2.05) is 0 Å². The number of fused-ring (bicyclic) bond motifs is 1. The van der Waals surface area contributed by atoms with Crippen LogP contribution >= 0.6 is 22.7 Å². The summed E-state index contributed by atoms with van der Waals surface area (Å²) in [6, 6.07) is 8.47. The Labute approximate surface area is 136 Å². The minimum Gasteiger partial charge on any atom is -0.339 e. The molecule has 4 rings (SSSR count). The predicted molar refractivity (Wildman–Crippen MR) is 95.6 cm³/mol. The summed E-state index contributed by atoms with van der Waals surface area (Å²) in [5, 5.41) is 9.91. The Kier molecular flexibility index (Phi) is 3.24. The van der Waals surface area contributed by atoms with Gasteiger partial charge >= 0.3 is 0 Å². The number of para-hydroxylation sites is 1. The number of benzene rings is 1. The molecule has 110 valence electrons. The van der Waals surface area contributed by atoms with E-state index in [1.165, 1.54) is 11.1 Å². The number of hydrogen-bond acceptors (Lipinski definition) is 4. The van der Waals surface area contributed by atoms with E-state index in [1.54, 1.807) is 22.7 Å². The Hall–Kier alpha value is -2.11. The Morgan fingerprint density at radius 3 is 2.64 bits per heavy atom. The van der Waals surface area contributed by atoms with Crippen molar-refractivity contribution in [3.63, 3.8) is 0 Å². The van der Waals surface area contributed by atoms with E-state index in [2.05, 4.69) is 70.2 Å². The minimum absolute atomic E-state index is 1.01. The molecule has 1 N–H and O–H groups in total. The molecule has 1 aromatic carbocycles. The molecular weight excluding hydrogens is 310 g/mol. The molecule has 0 bridgehead atoms. The van der Waals surface area contributed by atoms with Gasteiger partial charge in [0.1, 0.15) is 11.5 Å². The molecule has 0 spiro atoms. The lowest BCUT2D eigenvalue weighted by Gasteiger charge is -2.13. The summed E-state index contributed by atoms with van der Waals surface area (Å²) in [5.74, 6) is 1.03. The van der Waals surface area contributed by atoms with E-state index in [9.17, 15) is 0 Å². The molecule has 3 aromatic heterocycles. The number of anilines is 2. The van der Waals surface area contributed by atoms with Gasteiger partial charge in [0.2, 0.25) is 0 Å². The number of hydrogen-bond donors (Lipinski definition) is 1. The third-order valence-electron chi connectivity index (χ3n) is 3.78. The number of imidazole rings is 1. The fraction of sp³-hybridized carbons (Fsp3) is 0.118. The van der Waals surface area contributed by atoms with Crippen molar-refractivity contribution in [3.05, 3.63) is 57.7 Å². The number of nitrogens with one attached hydrogen (secondary N) is 1. The summed E-state index contributed by atoms with van der Waals surface area (Å²) >= 11 is 3.35. The maximum absolute atomic E-state index is 4.80. The van der Waals surface area contributed by atoms with E-state index >= 15 is 0 Å². The SMILES string of the molecule is Cc1cccc(C)c1Nc1c(-c2ccsc2)nc2sccn12. The van der Waals surface area contributed by atoms with Crippen molar-refractivity contribution >= 4 is 39.1 Å². The second-order valence-corrected chi connectivity index (χ2v) is 6.92. The molecule has 0 saturated carbocycles. The number of rotatable bonds is 3. The monoisotopic (exact) mass is 325 g/mol. The summed E-state index contributed by atoms with van der Waals surface area (Å²) in [5.41, 5.74) is 5.81. The van der Waals surface area contributed by atoms with Crippen LogP contribution in [-0.2, 0) is 0 Å². The summed E-state index contributed by atoms with van der Waals surface area (Å²) in [7, 11) is 0. The standard InChI is InChI=1S/C17H15N3S2/c1-11-4-3-5-12(2)14(11)18-16-15(13-6-8-21-10-13)19-17-20(16)7-9-22-17/h3-10,18H,1-2H3. The average molecular weight is 325 g/mol. The smallest absolute Gasteiger partial charge is 0.195 e. The average Bonchev–Trinajstić information content (AvgIpc) is 3.20. The summed E-state index contributed by atoms with van der Waals surface area (Å²) in [4.78, 5) is 5.81. The van der Waals surface area contributed by atoms with E-state index in [0.717, 1.165) is 27.7 Å². The summed E-state index contributed by atoms with van der Waals surface area (Å²) in [6.07, 6.45) is 2.07. The zero-order chi connectivity index (χ0) is 15.1. The molecule has 22 heavy (non-hydrogen) atoms. The molecule has 4 aromatic rings. The molecule has 0 unspecified atom stereocenters. The molecule has 0 radical (unpaired) electrons. The van der Waals surface area contributed by atoms with Crippen LogP contribution in [0.25, 0.3) is 16.2 Å². The number of thiazole rings is 1. The van der Waals surface area contributed by atoms with Crippen LogP contribution in [0.3, 0.4) is 0 Å². The second-order valence-electron chi connectivity index (χ2n) is 5.27. The lowest BCUT2D eigenvalue weighted by atomic mass is 10.1. The minimum atomic E-state index is 1.01. The van der Waals surface area contributed by atoms with Crippen LogP contribution < -0.4 is 5.32 Å². The quantitative estimate of drug-likeness (QED) is 0.540. The Bertz CT molecular complexity index is 912. The van der Waals surface area contributed by atoms with Gasteiger partial charge in [-0.15, -0.1) is 11.3 Å². The van der Waals surface area contributed by atoms with Crippen molar-refractivity contribution in [2.24, 2.45) is 0 Å². The van der Waals surface area contributed by atoms with Gasteiger partial charge in [0.05, 0.1) is 0 Å². The van der Waals surface area contributed by atoms with Gasteiger partial charge in [0.25, 0.3) is 0 Å². The lowest BCUT2D eigenvalue weighted by molar-refractivity contribution is 1.22. The largest absolute Gasteiger partial charge is 0.339 e. The molecule has 0 amide bonds. The van der Waals surface area contributed by atoms with E-state index < -0.39 is 0 Å². The maximum Gasteiger partial charge on any atom is 0.195 e. The zero-order valence-electron chi connectivity index (χ0n) is 12.3. The van der Waals surface area contributed by atoms with Crippen molar-refractivity contribution in [2.45, 2.75) is 13.8 Å². The van der Waals surface area contributed by atoms with Crippen LogP contribution in [0.4, 0.5) is 11.5 Å². The van der Waals surface area contributed by atoms with Crippen molar-refractivity contribution in [2.75, 3.05) is 5.32 Å². The van der Waals surface area contributed by atoms with Gasteiger partial charge in [-0.1, -0.05) is 18.2 Å². The molecule has 3 heterocycles. The molecule has 0 saturated heterocycles. The van der Waals surface area contributed by atoms with Crippen LogP contribution in [0.15, 0.2) is 46.6 Å². The molecule has 0 aliphatic carbocycles. The van der Waals surface area contributed by atoms with Gasteiger partial charge in [-0.25, -0.2) is 4.98 Å². The Balaban J connectivity index is 1.90. The number of aromatic nitrogens is 2. The Morgan fingerprint density at radius 1 is 1.09 bits per heavy atom. The highest BCUT2D eigenvalue weighted by atomic mass is 32.1. The van der Waals surface area contributed by atoms with Crippen LogP contribution in [0.1, 0.15) is 11.1 Å². The first-order valence-electron chi connectivity index (χ1n) is 7.05. The van der Waals surface area contributed by atoms with E-state index in [-0.39, 0.29) is 0 Å². The van der Waals surface area contributed by atoms with Gasteiger partial charge in [-0.2, -0.15) is 11.3 Å². The first-order chi connectivity index (χ1) is 10.7. The molecule has 0 aliphatic heterocycles. The highest BCUT2D eigenvalue weighted by Crippen LogP contribution is 2.35. The van der Waals surface area contributed by atoms with Crippen LogP contribution in [0, 0.1) is 13.8 Å². The van der Waals surface area contributed by atoms with Crippen molar-refractivity contribution < 1.29 is 0 Å². The molecule has 0 fully saturated rings. The van der Waals surface area contributed by atoms with Crippen LogP contribution in [-0.4, -0.2) is 9.38 Å². The van der Waals surface area contributed by atoms with Crippen LogP contribution in [0.5, 0.6) is 0 Å². The number of thiophene rings is 1. The summed E-state index contributed by atoms with van der Waals surface area (Å²) in [6.45, 7) is 4.26. The van der Waals surface area contributed by atoms with Crippen LogP contribution in [0.2, 0.25) is 0 Å². The molecule has 0 atom stereocenters. The first kappa shape index (κ1) is 13.5. The van der Waals surface area contributed by atoms with Gasteiger partial charge in [0, 0.05) is 28.2 Å². The third kappa shape index (κ3) is 2.14. The van der Waals surface area contributed by atoms with E-state index in [0.29, 0.717) is 0 Å². The first-order valence-corrected chi connectivity index (χ1v) is 8.87. The van der Waals surface area contributed by atoms with Gasteiger partial charge in [-0.3, -0.25) is 4.40 Å². The van der Waals surface area contributed by atoms with Crippen molar-refractivity contribution in [1.82, 2.24) is 9.38 Å². The highest BCUT2D eigenvalue weighted by Gasteiger charge is 2.16. The topological polar surface area (TPSA) is 29.3 Å². The lowest BCUT2D eigenvalue weighted by Crippen LogP contribution is -1.99. The van der Waals surface area contributed by atoms with Gasteiger partial charge < -0.3 is 5.32 Å². The molecular formula is C17H15N3S2. The fourth-order valence-corrected chi connectivity index (χ4v) is 3.99. The predicted octanol–water partition coefficient (Wildman–Crippen LogP) is 5.48. The second kappa shape index (κ2) is 5.26. The Morgan fingerprint density at radius 2 is 1.91 bits per heavy atom. The normalized spacial score (nSPS) is 11.2. The molecule has 3 nitrogen and oxygen atoms in total. The third-order valence-corrected chi connectivity index (χ3v) is 5.22. The molecule has 0 aliphatic rings. The van der Waals surface area contributed by atoms with Gasteiger partial charge in [-0.05, 0) is 36.4 Å². The van der Waals surface area contributed by atoms with Gasteiger partial charge in [0.15, 0.2) is 4.96 Å². The highest BCUT2D eigenvalue weighted by molar-refractivity contribution is 7.15.